The molecule has 0 amide bonds. The first-order chi connectivity index (χ1) is 9.72. The summed E-state index contributed by atoms with van der Waals surface area (Å²) in [6.07, 6.45) is 4.10. The average molecular weight is 277 g/mol. The van der Waals surface area contributed by atoms with E-state index in [1.54, 1.807) is 6.33 Å². The van der Waals surface area contributed by atoms with Crippen molar-refractivity contribution >= 4 is 17.0 Å². The molecule has 0 aromatic carbocycles. The average Bonchev–Trinajstić information content (AvgIpc) is 2.95. The molecular weight excluding hydrogens is 258 g/mol. The van der Waals surface area contributed by atoms with Crippen molar-refractivity contribution in [2.24, 2.45) is 11.8 Å². The lowest BCUT2D eigenvalue weighted by Gasteiger charge is -2.33. The number of aromatic amines is 1. The van der Waals surface area contributed by atoms with E-state index in [0.29, 0.717) is 22.8 Å². The first-order valence-corrected chi connectivity index (χ1v) is 6.91. The van der Waals surface area contributed by atoms with Gasteiger partial charge in [-0.25, -0.2) is 15.0 Å². The van der Waals surface area contributed by atoms with Crippen LogP contribution in [0.5, 0.6) is 0 Å². The number of anilines is 1. The van der Waals surface area contributed by atoms with Crippen molar-refractivity contribution < 1.29 is 10.2 Å². The summed E-state index contributed by atoms with van der Waals surface area (Å²) in [5.74, 6) is 1.53. The lowest BCUT2D eigenvalue weighted by molar-refractivity contribution is 0.0776. The number of nitrogens with one attached hydrogen (secondary N) is 1. The number of rotatable bonds is 3. The Morgan fingerprint density at radius 1 is 1.20 bits per heavy atom. The number of aromatic nitrogens is 4. The maximum atomic E-state index is 9.46. The molecule has 0 radical (unpaired) electrons. The summed E-state index contributed by atoms with van der Waals surface area (Å²) in [6, 6.07) is 0. The minimum absolute atomic E-state index is 0.0852. The molecule has 1 aliphatic rings. The zero-order valence-electron chi connectivity index (χ0n) is 11.2. The Labute approximate surface area is 116 Å². The molecule has 2 aromatic heterocycles. The van der Waals surface area contributed by atoms with Crippen molar-refractivity contribution in [3.8, 4) is 0 Å². The predicted octanol–water partition coefficient (Wildman–Crippen LogP) is 0.420. The standard InChI is InChI=1S/C13H19N5O2/c14-11-10-13(16-6-15-10)18-12(17-11)7-1-2-8(4-19)9(3-7)5-20/h6-9,19-20H,1-5H2,(H3,14,15,16,17,18)/t7-,8+,9+/m0/s1. The Hall–Kier alpha value is -1.73. The second-order valence-electron chi connectivity index (χ2n) is 5.46. The van der Waals surface area contributed by atoms with Crippen LogP contribution in [0.25, 0.3) is 11.2 Å². The molecule has 7 heteroatoms. The summed E-state index contributed by atoms with van der Waals surface area (Å²) in [4.78, 5) is 15.9. The Kier molecular flexibility index (Phi) is 3.54. The fourth-order valence-corrected chi connectivity index (χ4v) is 3.08. The fourth-order valence-electron chi connectivity index (χ4n) is 3.08. The first-order valence-electron chi connectivity index (χ1n) is 6.91. The van der Waals surface area contributed by atoms with E-state index in [1.807, 2.05) is 0 Å². The largest absolute Gasteiger partial charge is 0.396 e. The topological polar surface area (TPSA) is 121 Å². The Balaban J connectivity index is 1.87. The summed E-state index contributed by atoms with van der Waals surface area (Å²) < 4.78 is 0. The smallest absolute Gasteiger partial charge is 0.183 e. The Morgan fingerprint density at radius 3 is 2.75 bits per heavy atom. The number of hydrogen-bond donors (Lipinski definition) is 4. The third-order valence-electron chi connectivity index (χ3n) is 4.30. The lowest BCUT2D eigenvalue weighted by Crippen LogP contribution is -2.29. The van der Waals surface area contributed by atoms with Gasteiger partial charge >= 0.3 is 0 Å². The van der Waals surface area contributed by atoms with Crippen molar-refractivity contribution in [2.45, 2.75) is 25.2 Å². The summed E-state index contributed by atoms with van der Waals surface area (Å²) in [6.45, 7) is 0.210. The second-order valence-corrected chi connectivity index (χ2v) is 5.46. The Morgan fingerprint density at radius 2 is 2.00 bits per heavy atom. The number of fused-ring (bicyclic) bond motifs is 1. The van der Waals surface area contributed by atoms with Gasteiger partial charge in [0.25, 0.3) is 0 Å². The zero-order valence-corrected chi connectivity index (χ0v) is 11.2. The summed E-state index contributed by atoms with van der Waals surface area (Å²) in [5.41, 5.74) is 7.16. The molecular formula is C13H19N5O2. The molecule has 3 rings (SSSR count). The molecule has 0 unspecified atom stereocenters. The number of aliphatic hydroxyl groups excluding tert-OH is 2. The summed E-state index contributed by atoms with van der Waals surface area (Å²) in [7, 11) is 0. The van der Waals surface area contributed by atoms with Gasteiger partial charge in [-0.05, 0) is 31.1 Å². The third kappa shape index (κ3) is 2.23. The number of nitrogens with two attached hydrogens (primary N) is 1. The molecule has 108 valence electrons. The van der Waals surface area contributed by atoms with E-state index >= 15 is 0 Å². The minimum atomic E-state index is 0.0852. The van der Waals surface area contributed by atoms with E-state index in [1.165, 1.54) is 0 Å². The van der Waals surface area contributed by atoms with E-state index in [2.05, 4.69) is 19.9 Å². The maximum absolute atomic E-state index is 9.46. The molecule has 1 fully saturated rings. The molecule has 2 heterocycles. The third-order valence-corrected chi connectivity index (χ3v) is 4.30. The van der Waals surface area contributed by atoms with Crippen LogP contribution in [0, 0.1) is 11.8 Å². The van der Waals surface area contributed by atoms with Crippen LogP contribution in [-0.2, 0) is 0 Å². The second kappa shape index (κ2) is 5.34. The molecule has 0 saturated heterocycles. The van der Waals surface area contributed by atoms with Gasteiger partial charge in [-0.2, -0.15) is 0 Å². The molecule has 20 heavy (non-hydrogen) atoms. The first kappa shape index (κ1) is 13.3. The maximum Gasteiger partial charge on any atom is 0.183 e. The van der Waals surface area contributed by atoms with Crippen molar-refractivity contribution in [3.05, 3.63) is 12.2 Å². The molecule has 0 aliphatic heterocycles. The van der Waals surface area contributed by atoms with E-state index < -0.39 is 0 Å². The molecule has 1 saturated carbocycles. The van der Waals surface area contributed by atoms with Crippen LogP contribution in [0.1, 0.15) is 31.0 Å². The molecule has 1 aliphatic carbocycles. The Bertz CT molecular complexity index is 599. The number of nitrogens with zero attached hydrogens (tertiary/aromatic N) is 3. The normalized spacial score (nSPS) is 27.0. The molecule has 2 aromatic rings. The summed E-state index contributed by atoms with van der Waals surface area (Å²) in [5, 5.41) is 18.8. The van der Waals surface area contributed by atoms with Gasteiger partial charge in [0.1, 0.15) is 11.3 Å². The van der Waals surface area contributed by atoms with Gasteiger partial charge in [0.15, 0.2) is 11.5 Å². The molecule has 0 spiro atoms. The van der Waals surface area contributed by atoms with Crippen molar-refractivity contribution in [1.29, 1.82) is 0 Å². The van der Waals surface area contributed by atoms with Crippen LogP contribution in [0.4, 0.5) is 5.82 Å². The lowest BCUT2D eigenvalue weighted by atomic mass is 9.74. The van der Waals surface area contributed by atoms with Gasteiger partial charge in [0.2, 0.25) is 0 Å². The van der Waals surface area contributed by atoms with Gasteiger partial charge in [-0.3, -0.25) is 0 Å². The van der Waals surface area contributed by atoms with E-state index in [-0.39, 0.29) is 31.0 Å². The molecule has 7 nitrogen and oxygen atoms in total. The van der Waals surface area contributed by atoms with Crippen LogP contribution in [0.2, 0.25) is 0 Å². The van der Waals surface area contributed by atoms with E-state index in [0.717, 1.165) is 19.3 Å². The highest BCUT2D eigenvalue weighted by molar-refractivity contribution is 5.80. The molecule has 5 N–H and O–H groups in total. The van der Waals surface area contributed by atoms with Crippen LogP contribution >= 0.6 is 0 Å². The quantitative estimate of drug-likeness (QED) is 0.645. The monoisotopic (exact) mass is 277 g/mol. The van der Waals surface area contributed by atoms with Gasteiger partial charge in [-0.1, -0.05) is 0 Å². The van der Waals surface area contributed by atoms with Crippen LogP contribution in [0.3, 0.4) is 0 Å². The SMILES string of the molecule is Nc1nc([C@H]2CC[C@H](CO)[C@@H](CO)C2)nc2nc[nH]c12. The van der Waals surface area contributed by atoms with Gasteiger partial charge in [0, 0.05) is 19.1 Å². The van der Waals surface area contributed by atoms with Crippen LogP contribution < -0.4 is 5.73 Å². The van der Waals surface area contributed by atoms with Crippen molar-refractivity contribution in [1.82, 2.24) is 19.9 Å². The van der Waals surface area contributed by atoms with Gasteiger partial charge in [-0.15, -0.1) is 0 Å². The number of H-pyrrole nitrogens is 1. The highest BCUT2D eigenvalue weighted by Crippen LogP contribution is 2.38. The van der Waals surface area contributed by atoms with Crippen LogP contribution in [0.15, 0.2) is 6.33 Å². The molecule has 3 atom stereocenters. The highest BCUT2D eigenvalue weighted by Gasteiger charge is 2.32. The fraction of sp³-hybridized carbons (Fsp3) is 0.615. The number of hydrogen-bond acceptors (Lipinski definition) is 6. The summed E-state index contributed by atoms with van der Waals surface area (Å²) >= 11 is 0. The zero-order chi connectivity index (χ0) is 14.1. The van der Waals surface area contributed by atoms with E-state index in [9.17, 15) is 10.2 Å². The van der Waals surface area contributed by atoms with Crippen LogP contribution in [-0.4, -0.2) is 43.4 Å². The van der Waals surface area contributed by atoms with E-state index in [4.69, 9.17) is 5.73 Å². The van der Waals surface area contributed by atoms with Crippen molar-refractivity contribution in [3.63, 3.8) is 0 Å². The van der Waals surface area contributed by atoms with Crippen molar-refractivity contribution in [2.75, 3.05) is 18.9 Å². The number of imidazole rings is 1. The predicted molar refractivity (Wildman–Crippen MR) is 73.8 cm³/mol. The number of aliphatic hydroxyl groups is 2. The number of nitrogen functional groups attached to an aromatic ring is 1. The molecule has 0 bridgehead atoms. The highest BCUT2D eigenvalue weighted by atomic mass is 16.3. The minimum Gasteiger partial charge on any atom is -0.396 e. The van der Waals surface area contributed by atoms with Gasteiger partial charge in [0.05, 0.1) is 6.33 Å². The van der Waals surface area contributed by atoms with Gasteiger partial charge < -0.3 is 20.9 Å².